The van der Waals surface area contributed by atoms with Gasteiger partial charge in [-0.05, 0) is 36.8 Å². The van der Waals surface area contributed by atoms with Crippen LogP contribution in [0.4, 0.5) is 5.69 Å². The normalized spacial score (nSPS) is 10.5. The zero-order chi connectivity index (χ0) is 19.9. The number of thioether (sulfide) groups is 1. The highest BCUT2D eigenvalue weighted by Crippen LogP contribution is 2.27. The molecule has 5 nitrogen and oxygen atoms in total. The summed E-state index contributed by atoms with van der Waals surface area (Å²) < 4.78 is 5.20. The molecule has 1 N–H and O–H groups in total. The van der Waals surface area contributed by atoms with Crippen LogP contribution in [0.1, 0.15) is 21.6 Å². The molecular weight excluding hydrogens is 416 g/mol. The molecule has 0 spiro atoms. The van der Waals surface area contributed by atoms with Gasteiger partial charge >= 0.3 is 5.97 Å². The van der Waals surface area contributed by atoms with Crippen LogP contribution in [-0.2, 0) is 15.3 Å². The van der Waals surface area contributed by atoms with Gasteiger partial charge in [-0.25, -0.2) is 9.78 Å². The zero-order valence-electron chi connectivity index (χ0n) is 15.0. The van der Waals surface area contributed by atoms with Gasteiger partial charge in [0.1, 0.15) is 0 Å². The van der Waals surface area contributed by atoms with Gasteiger partial charge in [-0.2, -0.15) is 0 Å². The van der Waals surface area contributed by atoms with Crippen LogP contribution in [-0.4, -0.2) is 23.5 Å². The Kier molecular flexibility index (Phi) is 7.08. The molecule has 1 aromatic heterocycles. The van der Waals surface area contributed by atoms with Gasteiger partial charge in [0.25, 0.3) is 5.91 Å². The highest BCUT2D eigenvalue weighted by Gasteiger charge is 2.15. The van der Waals surface area contributed by atoms with E-state index in [2.05, 4.69) is 10.3 Å². The minimum absolute atomic E-state index is 0.379. The molecule has 0 radical (unpaired) electrons. The molecule has 0 saturated heterocycles. The number of ether oxygens (including phenoxy) is 1. The predicted octanol–water partition coefficient (Wildman–Crippen LogP) is 5.19. The first kappa shape index (κ1) is 20.4. The number of amides is 1. The Morgan fingerprint density at radius 2 is 2.04 bits per heavy atom. The third-order valence-corrected chi connectivity index (χ3v) is 5.99. The van der Waals surface area contributed by atoms with E-state index >= 15 is 0 Å². The first-order chi connectivity index (χ1) is 13.5. The molecule has 28 heavy (non-hydrogen) atoms. The Hall–Kier alpha value is -2.35. The fourth-order valence-corrected chi connectivity index (χ4v) is 4.14. The number of benzene rings is 2. The van der Waals surface area contributed by atoms with Crippen LogP contribution in [0.25, 0.3) is 0 Å². The number of nitrogens with one attached hydrogen (secondary N) is 1. The van der Waals surface area contributed by atoms with Crippen molar-refractivity contribution in [1.29, 1.82) is 0 Å². The fraction of sp³-hybridized carbons (Fsp3) is 0.150. The summed E-state index contributed by atoms with van der Waals surface area (Å²) in [6, 6.07) is 12.4. The molecule has 0 unspecified atom stereocenters. The van der Waals surface area contributed by atoms with Crippen molar-refractivity contribution in [3.63, 3.8) is 0 Å². The van der Waals surface area contributed by atoms with Crippen molar-refractivity contribution in [2.45, 2.75) is 17.6 Å². The minimum Gasteiger partial charge on any atom is -0.452 e. The first-order valence-corrected chi connectivity index (χ1v) is 10.7. The van der Waals surface area contributed by atoms with Crippen LogP contribution >= 0.6 is 34.7 Å². The van der Waals surface area contributed by atoms with Crippen LogP contribution in [0.2, 0.25) is 5.02 Å². The Bertz CT molecular complexity index is 977. The number of aromatic nitrogens is 1. The SMILES string of the molecule is Cc1c(Cl)cccc1NC(=O)COC(=O)c1ccccc1SCc1cscn1. The van der Waals surface area contributed by atoms with E-state index in [0.29, 0.717) is 22.0 Å². The second-order valence-electron chi connectivity index (χ2n) is 5.80. The average Bonchev–Trinajstić information content (AvgIpc) is 3.22. The summed E-state index contributed by atoms with van der Waals surface area (Å²) in [5.74, 6) is -0.312. The molecule has 0 aliphatic carbocycles. The van der Waals surface area contributed by atoms with E-state index in [4.69, 9.17) is 16.3 Å². The van der Waals surface area contributed by atoms with Crippen LogP contribution in [0, 0.1) is 6.92 Å². The molecule has 0 aliphatic rings. The lowest BCUT2D eigenvalue weighted by molar-refractivity contribution is -0.119. The summed E-state index contributed by atoms with van der Waals surface area (Å²) in [4.78, 5) is 29.6. The summed E-state index contributed by atoms with van der Waals surface area (Å²) in [5.41, 5.74) is 4.50. The number of carbonyl (C=O) groups excluding carboxylic acids is 2. The van der Waals surface area contributed by atoms with E-state index in [9.17, 15) is 9.59 Å². The Balaban J connectivity index is 1.58. The maximum absolute atomic E-state index is 12.5. The molecule has 8 heteroatoms. The molecule has 0 atom stereocenters. The molecule has 0 bridgehead atoms. The topological polar surface area (TPSA) is 68.3 Å². The number of hydrogen-bond acceptors (Lipinski definition) is 6. The standard InChI is InChI=1S/C20H17ClN2O3S2/c1-13-16(21)6-4-7-17(13)23-19(24)9-26-20(25)15-5-2-3-8-18(15)28-11-14-10-27-12-22-14/h2-8,10,12H,9,11H2,1H3,(H,23,24). The lowest BCUT2D eigenvalue weighted by Crippen LogP contribution is -2.21. The van der Waals surface area contributed by atoms with E-state index < -0.39 is 11.9 Å². The third kappa shape index (κ3) is 5.34. The van der Waals surface area contributed by atoms with Gasteiger partial charge in [0.2, 0.25) is 0 Å². The number of thiazole rings is 1. The summed E-state index contributed by atoms with van der Waals surface area (Å²) in [6.45, 7) is 1.43. The summed E-state index contributed by atoms with van der Waals surface area (Å²) in [5, 5.41) is 5.23. The third-order valence-electron chi connectivity index (χ3n) is 3.84. The monoisotopic (exact) mass is 432 g/mol. The second-order valence-corrected chi connectivity index (χ2v) is 7.94. The van der Waals surface area contributed by atoms with Gasteiger partial charge in [-0.15, -0.1) is 23.1 Å². The van der Waals surface area contributed by atoms with Crippen molar-refractivity contribution in [2.24, 2.45) is 0 Å². The van der Waals surface area contributed by atoms with Crippen molar-refractivity contribution >= 4 is 52.3 Å². The molecular formula is C20H17ClN2O3S2. The van der Waals surface area contributed by atoms with Crippen molar-refractivity contribution in [2.75, 3.05) is 11.9 Å². The maximum Gasteiger partial charge on any atom is 0.339 e. The predicted molar refractivity (Wildman–Crippen MR) is 113 cm³/mol. The highest BCUT2D eigenvalue weighted by molar-refractivity contribution is 7.98. The van der Waals surface area contributed by atoms with Crippen LogP contribution < -0.4 is 5.32 Å². The smallest absolute Gasteiger partial charge is 0.339 e. The lowest BCUT2D eigenvalue weighted by atomic mass is 10.2. The van der Waals surface area contributed by atoms with Crippen molar-refractivity contribution in [3.05, 3.63) is 75.2 Å². The number of carbonyl (C=O) groups is 2. The Morgan fingerprint density at radius 1 is 1.21 bits per heavy atom. The first-order valence-electron chi connectivity index (χ1n) is 8.35. The van der Waals surface area contributed by atoms with E-state index in [1.807, 2.05) is 17.5 Å². The van der Waals surface area contributed by atoms with Gasteiger partial charge < -0.3 is 10.1 Å². The quantitative estimate of drug-likeness (QED) is 0.411. The fourth-order valence-electron chi connectivity index (χ4n) is 2.36. The Labute approximate surface area is 176 Å². The van der Waals surface area contributed by atoms with Crippen molar-refractivity contribution < 1.29 is 14.3 Å². The van der Waals surface area contributed by atoms with Gasteiger partial charge in [0, 0.05) is 26.7 Å². The molecule has 3 aromatic rings. The molecule has 2 aromatic carbocycles. The maximum atomic E-state index is 12.5. The van der Waals surface area contributed by atoms with Gasteiger partial charge in [0.15, 0.2) is 6.61 Å². The second kappa shape index (κ2) is 9.73. The lowest BCUT2D eigenvalue weighted by Gasteiger charge is -2.11. The van der Waals surface area contributed by atoms with Gasteiger partial charge in [0.05, 0.1) is 16.8 Å². The van der Waals surface area contributed by atoms with E-state index in [1.165, 1.54) is 23.1 Å². The van der Waals surface area contributed by atoms with Crippen LogP contribution in [0.15, 0.2) is 58.3 Å². The van der Waals surface area contributed by atoms with Crippen molar-refractivity contribution in [1.82, 2.24) is 4.98 Å². The number of rotatable bonds is 7. The van der Waals surface area contributed by atoms with E-state index in [0.717, 1.165) is 16.2 Å². The average molecular weight is 433 g/mol. The molecule has 3 rings (SSSR count). The summed E-state index contributed by atoms with van der Waals surface area (Å²) in [7, 11) is 0. The molecule has 0 fully saturated rings. The van der Waals surface area contributed by atoms with Crippen LogP contribution in [0.5, 0.6) is 0 Å². The number of anilines is 1. The number of halogens is 1. The largest absolute Gasteiger partial charge is 0.452 e. The summed E-state index contributed by atoms with van der Waals surface area (Å²) >= 11 is 9.08. The Morgan fingerprint density at radius 3 is 2.82 bits per heavy atom. The molecule has 144 valence electrons. The molecule has 1 heterocycles. The summed E-state index contributed by atoms with van der Waals surface area (Å²) in [6.07, 6.45) is 0. The van der Waals surface area contributed by atoms with E-state index in [1.54, 1.807) is 42.8 Å². The van der Waals surface area contributed by atoms with E-state index in [-0.39, 0.29) is 6.61 Å². The molecule has 1 amide bonds. The molecule has 0 saturated carbocycles. The van der Waals surface area contributed by atoms with Gasteiger partial charge in [-0.1, -0.05) is 29.8 Å². The highest BCUT2D eigenvalue weighted by atomic mass is 35.5. The number of hydrogen-bond donors (Lipinski definition) is 1. The van der Waals surface area contributed by atoms with Gasteiger partial charge in [-0.3, -0.25) is 4.79 Å². The minimum atomic E-state index is -0.542. The van der Waals surface area contributed by atoms with Crippen LogP contribution in [0.3, 0.4) is 0 Å². The number of nitrogens with zero attached hydrogens (tertiary/aromatic N) is 1. The van der Waals surface area contributed by atoms with Crippen molar-refractivity contribution in [3.8, 4) is 0 Å². The number of esters is 1. The molecule has 0 aliphatic heterocycles. The zero-order valence-corrected chi connectivity index (χ0v) is 17.4.